The summed E-state index contributed by atoms with van der Waals surface area (Å²) >= 11 is 3.43. The van der Waals surface area contributed by atoms with E-state index in [1.165, 1.54) is 0 Å². The van der Waals surface area contributed by atoms with Crippen LogP contribution in [0.5, 0.6) is 0 Å². The van der Waals surface area contributed by atoms with E-state index < -0.39 is 11.9 Å². The summed E-state index contributed by atoms with van der Waals surface area (Å²) in [4.78, 5) is 17.8. The molecule has 4 nitrogen and oxygen atoms in total. The number of fused-ring (bicyclic) bond motifs is 1. The highest BCUT2D eigenvalue weighted by atomic mass is 79.9. The first-order valence-corrected chi connectivity index (χ1v) is 7.60. The van der Waals surface area contributed by atoms with Gasteiger partial charge in [0.05, 0.1) is 5.92 Å². The molecule has 1 unspecified atom stereocenters. The van der Waals surface area contributed by atoms with Crippen molar-refractivity contribution in [1.29, 1.82) is 0 Å². The monoisotopic (exact) mass is 346 g/mol. The summed E-state index contributed by atoms with van der Waals surface area (Å²) in [7, 11) is 0. The Morgan fingerprint density at radius 1 is 1.38 bits per heavy atom. The lowest BCUT2D eigenvalue weighted by Gasteiger charge is -2.34. The number of pyridine rings is 1. The predicted octanol–water partition coefficient (Wildman–Crippen LogP) is 3.42. The van der Waals surface area contributed by atoms with E-state index in [0.29, 0.717) is 6.42 Å². The van der Waals surface area contributed by atoms with E-state index in [2.05, 4.69) is 25.8 Å². The van der Waals surface area contributed by atoms with Gasteiger partial charge in [-0.1, -0.05) is 18.2 Å². The molecular formula is C16H15BrN2O2. The zero-order valence-corrected chi connectivity index (χ0v) is 13.0. The van der Waals surface area contributed by atoms with Crippen molar-refractivity contribution >= 4 is 27.6 Å². The van der Waals surface area contributed by atoms with Crippen LogP contribution in [-0.4, -0.2) is 22.6 Å². The molecule has 1 aliphatic rings. The number of carboxylic acid groups (broad SMARTS) is 1. The highest BCUT2D eigenvalue weighted by Gasteiger charge is 2.29. The van der Waals surface area contributed by atoms with Crippen molar-refractivity contribution < 1.29 is 9.90 Å². The van der Waals surface area contributed by atoms with Crippen LogP contribution in [0.15, 0.2) is 47.2 Å². The molecule has 0 saturated heterocycles. The molecule has 0 spiro atoms. The number of aromatic nitrogens is 1. The van der Waals surface area contributed by atoms with Crippen molar-refractivity contribution in [2.75, 3.05) is 11.4 Å². The Labute approximate surface area is 131 Å². The average Bonchev–Trinajstić information content (AvgIpc) is 2.47. The molecule has 0 amide bonds. The molecule has 0 radical (unpaired) electrons. The number of rotatable bonds is 3. The molecule has 1 aromatic carbocycles. The molecule has 2 aromatic rings. The normalized spacial score (nSPS) is 17.4. The molecular weight excluding hydrogens is 332 g/mol. The van der Waals surface area contributed by atoms with Crippen molar-refractivity contribution in [3.05, 3.63) is 58.3 Å². The van der Waals surface area contributed by atoms with Gasteiger partial charge in [-0.3, -0.25) is 9.78 Å². The van der Waals surface area contributed by atoms with Crippen LogP contribution in [0.25, 0.3) is 0 Å². The third-order valence-electron chi connectivity index (χ3n) is 3.77. The number of halogens is 1. The summed E-state index contributed by atoms with van der Waals surface area (Å²) in [6.07, 6.45) is 4.23. The zero-order chi connectivity index (χ0) is 14.8. The first-order chi connectivity index (χ1) is 10.1. The summed E-state index contributed by atoms with van der Waals surface area (Å²) < 4.78 is 0.953. The number of benzene rings is 1. The minimum atomic E-state index is -0.744. The van der Waals surface area contributed by atoms with Gasteiger partial charge in [0.2, 0.25) is 0 Å². The second-order valence-corrected chi connectivity index (χ2v) is 6.09. The first-order valence-electron chi connectivity index (χ1n) is 6.81. The topological polar surface area (TPSA) is 53.4 Å². The van der Waals surface area contributed by atoms with E-state index in [9.17, 15) is 9.90 Å². The van der Waals surface area contributed by atoms with E-state index in [1.807, 2.05) is 36.5 Å². The molecule has 21 heavy (non-hydrogen) atoms. The minimum absolute atomic E-state index is 0.405. The Hall–Kier alpha value is -1.88. The lowest BCUT2D eigenvalue weighted by atomic mass is 9.90. The van der Waals surface area contributed by atoms with Crippen molar-refractivity contribution in [1.82, 2.24) is 4.98 Å². The van der Waals surface area contributed by atoms with Crippen LogP contribution in [0, 0.1) is 0 Å². The summed E-state index contributed by atoms with van der Waals surface area (Å²) in [6.45, 7) is 1.47. The van der Waals surface area contributed by atoms with Crippen molar-refractivity contribution in [2.24, 2.45) is 0 Å². The minimum Gasteiger partial charge on any atom is -0.481 e. The zero-order valence-electron chi connectivity index (χ0n) is 11.4. The average molecular weight is 347 g/mol. The third-order valence-corrected chi connectivity index (χ3v) is 4.21. The number of anilines is 1. The van der Waals surface area contributed by atoms with Crippen LogP contribution in [-0.2, 0) is 11.3 Å². The molecule has 2 heterocycles. The Morgan fingerprint density at radius 2 is 2.19 bits per heavy atom. The van der Waals surface area contributed by atoms with Gasteiger partial charge in [0.25, 0.3) is 0 Å². The van der Waals surface area contributed by atoms with Gasteiger partial charge in [0.1, 0.15) is 0 Å². The molecule has 0 bridgehead atoms. The largest absolute Gasteiger partial charge is 0.481 e. The molecule has 3 rings (SSSR count). The van der Waals surface area contributed by atoms with Gasteiger partial charge in [0.15, 0.2) is 0 Å². The van der Waals surface area contributed by atoms with Gasteiger partial charge in [0, 0.05) is 35.6 Å². The molecule has 1 aliphatic heterocycles. The molecule has 5 heteroatoms. The quantitative estimate of drug-likeness (QED) is 0.924. The van der Waals surface area contributed by atoms with Crippen LogP contribution in [0.1, 0.15) is 23.5 Å². The molecule has 1 atom stereocenters. The van der Waals surface area contributed by atoms with E-state index in [4.69, 9.17) is 0 Å². The molecule has 108 valence electrons. The fourth-order valence-corrected chi connectivity index (χ4v) is 3.23. The van der Waals surface area contributed by atoms with E-state index in [1.54, 1.807) is 6.20 Å². The van der Waals surface area contributed by atoms with Crippen LogP contribution in [0.4, 0.5) is 5.69 Å². The highest BCUT2D eigenvalue weighted by Crippen LogP contribution is 2.36. The molecule has 0 saturated carbocycles. The fourth-order valence-electron chi connectivity index (χ4n) is 2.81. The van der Waals surface area contributed by atoms with Crippen LogP contribution < -0.4 is 4.90 Å². The molecule has 0 aliphatic carbocycles. The number of carbonyl (C=O) groups is 1. The van der Waals surface area contributed by atoms with Gasteiger partial charge < -0.3 is 10.0 Å². The maximum absolute atomic E-state index is 11.4. The summed E-state index contributed by atoms with van der Waals surface area (Å²) in [6, 6.07) is 9.81. The number of hydrogen-bond donors (Lipinski definition) is 1. The Bertz CT molecular complexity index is 675. The van der Waals surface area contributed by atoms with Crippen LogP contribution in [0.3, 0.4) is 0 Å². The maximum atomic E-state index is 11.4. The van der Waals surface area contributed by atoms with Crippen molar-refractivity contribution in [2.45, 2.75) is 18.9 Å². The molecule has 1 aromatic heterocycles. The second kappa shape index (κ2) is 5.85. The van der Waals surface area contributed by atoms with Gasteiger partial charge in [-0.25, -0.2) is 0 Å². The van der Waals surface area contributed by atoms with E-state index in [0.717, 1.165) is 34.4 Å². The number of para-hydroxylation sites is 1. The first kappa shape index (κ1) is 14.1. The number of hydrogen-bond acceptors (Lipinski definition) is 3. The number of aliphatic carboxylic acids is 1. The lowest BCUT2D eigenvalue weighted by molar-refractivity contribution is -0.139. The highest BCUT2D eigenvalue weighted by molar-refractivity contribution is 9.10. The van der Waals surface area contributed by atoms with Crippen molar-refractivity contribution in [3.63, 3.8) is 0 Å². The van der Waals surface area contributed by atoms with Gasteiger partial charge in [-0.05, 0) is 45.6 Å². The third kappa shape index (κ3) is 2.93. The van der Waals surface area contributed by atoms with Crippen molar-refractivity contribution in [3.8, 4) is 0 Å². The van der Waals surface area contributed by atoms with E-state index >= 15 is 0 Å². The van der Waals surface area contributed by atoms with Crippen LogP contribution >= 0.6 is 15.9 Å². The van der Waals surface area contributed by atoms with Gasteiger partial charge >= 0.3 is 5.97 Å². The number of carboxylic acids is 1. The Kier molecular flexibility index (Phi) is 3.92. The molecule has 0 fully saturated rings. The summed E-state index contributed by atoms with van der Waals surface area (Å²) in [5, 5.41) is 9.36. The Morgan fingerprint density at radius 3 is 2.95 bits per heavy atom. The lowest BCUT2D eigenvalue weighted by Crippen LogP contribution is -2.33. The van der Waals surface area contributed by atoms with Gasteiger partial charge in [-0.15, -0.1) is 0 Å². The second-order valence-electron chi connectivity index (χ2n) is 5.17. The summed E-state index contributed by atoms with van der Waals surface area (Å²) in [5.74, 6) is -1.15. The van der Waals surface area contributed by atoms with E-state index in [-0.39, 0.29) is 0 Å². The smallest absolute Gasteiger partial charge is 0.311 e. The van der Waals surface area contributed by atoms with Crippen LogP contribution in [0.2, 0.25) is 0 Å². The number of nitrogens with zero attached hydrogens (tertiary/aromatic N) is 2. The molecule has 1 N–H and O–H groups in total. The standard InChI is InChI=1S/C16H15BrN2O2/c17-12-7-11(8-18-9-12)10-19-6-5-14(16(20)21)13-3-1-2-4-15(13)19/h1-4,7-9,14H,5-6,10H2,(H,20,21). The predicted molar refractivity (Wildman–Crippen MR) is 84.4 cm³/mol. The summed E-state index contributed by atoms with van der Waals surface area (Å²) in [5.41, 5.74) is 3.02. The Balaban J connectivity index is 1.91. The fraction of sp³-hybridized carbons (Fsp3) is 0.250. The maximum Gasteiger partial charge on any atom is 0.311 e. The SMILES string of the molecule is O=C(O)C1CCN(Cc2cncc(Br)c2)c2ccccc21. The van der Waals surface area contributed by atoms with Gasteiger partial charge in [-0.2, -0.15) is 0 Å².